The van der Waals surface area contributed by atoms with Crippen LogP contribution in [0.25, 0.3) is 0 Å². The zero-order valence-electron chi connectivity index (χ0n) is 14.1. The number of benzene rings is 1. The summed E-state index contributed by atoms with van der Waals surface area (Å²) in [6.45, 7) is 3.86. The van der Waals surface area contributed by atoms with Gasteiger partial charge in [0.05, 0.1) is 20.4 Å². The van der Waals surface area contributed by atoms with Gasteiger partial charge in [-0.15, -0.1) is 0 Å². The molecule has 2 aromatic rings. The molecular formula is C18H25N3O2. The molecule has 0 fully saturated rings. The van der Waals surface area contributed by atoms with Crippen LogP contribution >= 0.6 is 0 Å². The van der Waals surface area contributed by atoms with E-state index in [1.165, 1.54) is 17.7 Å². The van der Waals surface area contributed by atoms with Crippen LogP contribution in [0.2, 0.25) is 0 Å². The number of aromatic nitrogens is 2. The SMILES string of the molecule is CCn1ncc2c1CCC[C@H]2NCc1ccc(OC)cc1OC. The predicted octanol–water partition coefficient (Wildman–Crippen LogP) is 3.09. The third-order valence-corrected chi connectivity index (χ3v) is 4.60. The lowest BCUT2D eigenvalue weighted by atomic mass is 9.92. The summed E-state index contributed by atoms with van der Waals surface area (Å²) in [5.74, 6) is 1.67. The minimum Gasteiger partial charge on any atom is -0.497 e. The van der Waals surface area contributed by atoms with E-state index in [1.807, 2.05) is 18.3 Å². The summed E-state index contributed by atoms with van der Waals surface area (Å²) in [7, 11) is 3.36. The second-order valence-electron chi connectivity index (χ2n) is 5.87. The Morgan fingerprint density at radius 3 is 2.91 bits per heavy atom. The summed E-state index contributed by atoms with van der Waals surface area (Å²) in [6.07, 6.45) is 5.52. The Balaban J connectivity index is 1.73. The van der Waals surface area contributed by atoms with Gasteiger partial charge in [0, 0.05) is 42.0 Å². The molecule has 1 N–H and O–H groups in total. The van der Waals surface area contributed by atoms with Crippen molar-refractivity contribution in [3.8, 4) is 11.5 Å². The maximum absolute atomic E-state index is 5.48. The standard InChI is InChI=1S/C18H25N3O2/c1-4-21-17-7-5-6-16(15(17)12-20-21)19-11-13-8-9-14(22-2)10-18(13)23-3/h8-10,12,16,19H,4-7,11H2,1-3H3/t16-/m1/s1. The van der Waals surface area contributed by atoms with Gasteiger partial charge in [0.25, 0.3) is 0 Å². The molecule has 5 nitrogen and oxygen atoms in total. The first-order valence-corrected chi connectivity index (χ1v) is 8.25. The Kier molecular flexibility index (Phi) is 4.86. The second-order valence-corrected chi connectivity index (χ2v) is 5.87. The number of nitrogens with zero attached hydrogens (tertiary/aromatic N) is 2. The number of hydrogen-bond donors (Lipinski definition) is 1. The Morgan fingerprint density at radius 2 is 2.17 bits per heavy atom. The van der Waals surface area contributed by atoms with Crippen LogP contribution in [0.5, 0.6) is 11.5 Å². The fourth-order valence-corrected chi connectivity index (χ4v) is 3.33. The molecule has 3 rings (SSSR count). The van der Waals surface area contributed by atoms with Crippen LogP contribution in [-0.2, 0) is 19.5 Å². The van der Waals surface area contributed by atoms with E-state index in [1.54, 1.807) is 14.2 Å². The Hall–Kier alpha value is -2.01. The van der Waals surface area contributed by atoms with Gasteiger partial charge in [-0.1, -0.05) is 6.07 Å². The van der Waals surface area contributed by atoms with Gasteiger partial charge in [-0.2, -0.15) is 5.10 Å². The van der Waals surface area contributed by atoms with E-state index < -0.39 is 0 Å². The quantitative estimate of drug-likeness (QED) is 0.890. The molecule has 5 heteroatoms. The average molecular weight is 315 g/mol. The monoisotopic (exact) mass is 315 g/mol. The van der Waals surface area contributed by atoms with Crippen LogP contribution in [0.15, 0.2) is 24.4 Å². The molecule has 1 aliphatic carbocycles. The molecule has 1 aromatic carbocycles. The molecule has 23 heavy (non-hydrogen) atoms. The van der Waals surface area contributed by atoms with Gasteiger partial charge in [-0.05, 0) is 32.3 Å². The predicted molar refractivity (Wildman–Crippen MR) is 90.0 cm³/mol. The molecule has 124 valence electrons. The summed E-state index contributed by atoms with van der Waals surface area (Å²) in [5, 5.41) is 8.18. The highest BCUT2D eigenvalue weighted by Crippen LogP contribution is 2.31. The molecule has 1 aliphatic rings. The topological polar surface area (TPSA) is 48.3 Å². The highest BCUT2D eigenvalue weighted by atomic mass is 16.5. The third-order valence-electron chi connectivity index (χ3n) is 4.60. The number of fused-ring (bicyclic) bond motifs is 1. The van der Waals surface area contributed by atoms with Gasteiger partial charge in [0.15, 0.2) is 0 Å². The first-order valence-electron chi connectivity index (χ1n) is 8.25. The molecule has 1 aromatic heterocycles. The Bertz CT molecular complexity index is 666. The van der Waals surface area contributed by atoms with Crippen molar-refractivity contribution in [2.75, 3.05) is 14.2 Å². The van der Waals surface area contributed by atoms with E-state index in [2.05, 4.69) is 28.1 Å². The van der Waals surface area contributed by atoms with Crippen molar-refractivity contribution in [2.24, 2.45) is 0 Å². The number of hydrogen-bond acceptors (Lipinski definition) is 4. The van der Waals surface area contributed by atoms with E-state index in [-0.39, 0.29) is 0 Å². The molecule has 1 heterocycles. The molecule has 0 amide bonds. The summed E-state index contributed by atoms with van der Waals surface area (Å²) >= 11 is 0. The van der Waals surface area contributed by atoms with Gasteiger partial charge >= 0.3 is 0 Å². The van der Waals surface area contributed by atoms with E-state index in [9.17, 15) is 0 Å². The van der Waals surface area contributed by atoms with Crippen LogP contribution in [0.3, 0.4) is 0 Å². The van der Waals surface area contributed by atoms with Gasteiger partial charge < -0.3 is 14.8 Å². The van der Waals surface area contributed by atoms with E-state index in [0.29, 0.717) is 6.04 Å². The number of rotatable bonds is 6. The number of methoxy groups -OCH3 is 2. The molecule has 0 spiro atoms. The van der Waals surface area contributed by atoms with Crippen LogP contribution in [-0.4, -0.2) is 24.0 Å². The van der Waals surface area contributed by atoms with E-state index in [4.69, 9.17) is 9.47 Å². The lowest BCUT2D eigenvalue weighted by Crippen LogP contribution is -2.25. The Labute approximate surface area is 137 Å². The average Bonchev–Trinajstić information content (AvgIpc) is 3.03. The lowest BCUT2D eigenvalue weighted by Gasteiger charge is -2.24. The van der Waals surface area contributed by atoms with Crippen LogP contribution < -0.4 is 14.8 Å². The van der Waals surface area contributed by atoms with Crippen molar-refractivity contribution in [1.82, 2.24) is 15.1 Å². The highest BCUT2D eigenvalue weighted by molar-refractivity contribution is 5.40. The number of ether oxygens (including phenoxy) is 2. The van der Waals surface area contributed by atoms with Crippen molar-refractivity contribution in [3.05, 3.63) is 41.2 Å². The summed E-state index contributed by atoms with van der Waals surface area (Å²) in [4.78, 5) is 0. The van der Waals surface area contributed by atoms with Gasteiger partial charge in [-0.3, -0.25) is 4.68 Å². The first-order chi connectivity index (χ1) is 11.3. The van der Waals surface area contributed by atoms with Crippen molar-refractivity contribution >= 4 is 0 Å². The number of aryl methyl sites for hydroxylation is 1. The second kappa shape index (κ2) is 7.04. The van der Waals surface area contributed by atoms with Crippen LogP contribution in [0.4, 0.5) is 0 Å². The summed E-state index contributed by atoms with van der Waals surface area (Å²) in [5.41, 5.74) is 3.88. The zero-order valence-corrected chi connectivity index (χ0v) is 14.1. The maximum atomic E-state index is 5.48. The minimum absolute atomic E-state index is 0.367. The first kappa shape index (κ1) is 15.9. The fourth-order valence-electron chi connectivity index (χ4n) is 3.33. The van der Waals surface area contributed by atoms with Gasteiger partial charge in [-0.25, -0.2) is 0 Å². The molecule has 0 saturated carbocycles. The van der Waals surface area contributed by atoms with Crippen LogP contribution in [0.1, 0.15) is 42.6 Å². The van der Waals surface area contributed by atoms with E-state index >= 15 is 0 Å². The van der Waals surface area contributed by atoms with Crippen molar-refractivity contribution in [2.45, 2.75) is 45.3 Å². The maximum Gasteiger partial charge on any atom is 0.127 e. The molecule has 0 aliphatic heterocycles. The molecule has 1 atom stereocenters. The Morgan fingerprint density at radius 1 is 1.30 bits per heavy atom. The summed E-state index contributed by atoms with van der Waals surface area (Å²) in [6, 6.07) is 6.33. The third kappa shape index (κ3) is 3.20. The van der Waals surface area contributed by atoms with Crippen molar-refractivity contribution < 1.29 is 9.47 Å². The zero-order chi connectivity index (χ0) is 16.2. The molecule has 0 bridgehead atoms. The minimum atomic E-state index is 0.367. The summed E-state index contributed by atoms with van der Waals surface area (Å²) < 4.78 is 12.9. The molecule has 0 unspecified atom stereocenters. The van der Waals surface area contributed by atoms with E-state index in [0.717, 1.165) is 43.0 Å². The molecular weight excluding hydrogens is 290 g/mol. The van der Waals surface area contributed by atoms with Gasteiger partial charge in [0.2, 0.25) is 0 Å². The smallest absolute Gasteiger partial charge is 0.127 e. The van der Waals surface area contributed by atoms with Gasteiger partial charge in [0.1, 0.15) is 11.5 Å². The largest absolute Gasteiger partial charge is 0.497 e. The van der Waals surface area contributed by atoms with Crippen LogP contribution in [0, 0.1) is 0 Å². The fraction of sp³-hybridized carbons (Fsp3) is 0.500. The normalized spacial score (nSPS) is 16.9. The molecule has 0 saturated heterocycles. The number of nitrogens with one attached hydrogen (secondary N) is 1. The van der Waals surface area contributed by atoms with Crippen molar-refractivity contribution in [1.29, 1.82) is 0 Å². The molecule has 0 radical (unpaired) electrons. The lowest BCUT2D eigenvalue weighted by molar-refractivity contribution is 0.386. The van der Waals surface area contributed by atoms with Crippen molar-refractivity contribution in [3.63, 3.8) is 0 Å². The highest BCUT2D eigenvalue weighted by Gasteiger charge is 2.23.